The average Bonchev–Trinajstić information content (AvgIpc) is 3.08. The largest absolute Gasteiger partial charge is 0.478 e. The topological polar surface area (TPSA) is 60.1 Å². The van der Waals surface area contributed by atoms with Crippen LogP contribution in [0.15, 0.2) is 24.4 Å². The van der Waals surface area contributed by atoms with Gasteiger partial charge in [-0.15, -0.1) is 0 Å². The Kier molecular flexibility index (Phi) is 3.75. The van der Waals surface area contributed by atoms with Gasteiger partial charge >= 0.3 is 12.1 Å². The molecule has 0 amide bonds. The molecule has 1 fully saturated rings. The third kappa shape index (κ3) is 2.64. The first-order valence-corrected chi connectivity index (χ1v) is 8.53. The van der Waals surface area contributed by atoms with Crippen molar-refractivity contribution in [2.24, 2.45) is 13.0 Å². The summed E-state index contributed by atoms with van der Waals surface area (Å²) >= 11 is 0. The van der Waals surface area contributed by atoms with E-state index in [2.05, 4.69) is 5.10 Å². The number of carboxylic acids is 1. The van der Waals surface area contributed by atoms with E-state index in [-0.39, 0.29) is 24.4 Å². The highest BCUT2D eigenvalue weighted by atomic mass is 19.4. The predicted molar refractivity (Wildman–Crippen MR) is 90.2 cm³/mol. The molecule has 1 N–H and O–H groups in total. The van der Waals surface area contributed by atoms with Crippen molar-refractivity contribution < 1.29 is 23.1 Å². The van der Waals surface area contributed by atoms with E-state index < -0.39 is 18.1 Å². The minimum atomic E-state index is -4.14. The third-order valence-electron chi connectivity index (χ3n) is 5.35. The molecule has 1 saturated carbocycles. The van der Waals surface area contributed by atoms with Crippen LogP contribution in [0.25, 0.3) is 21.9 Å². The molecule has 2 heterocycles. The molecule has 1 aliphatic rings. The predicted octanol–water partition coefficient (Wildman–Crippen LogP) is 4.52. The molecule has 4 rings (SSSR count). The summed E-state index contributed by atoms with van der Waals surface area (Å²) in [5, 5.41) is 14.4. The van der Waals surface area contributed by atoms with E-state index in [9.17, 15) is 23.1 Å². The molecular formula is C18H18F3N3O2. The molecule has 0 radical (unpaired) electrons. The van der Waals surface area contributed by atoms with Gasteiger partial charge in [0.2, 0.25) is 0 Å². The summed E-state index contributed by atoms with van der Waals surface area (Å²) in [6.45, 7) is 0. The molecule has 2 aromatic heterocycles. The van der Waals surface area contributed by atoms with Gasteiger partial charge in [-0.05, 0) is 43.9 Å². The second-order valence-electron chi connectivity index (χ2n) is 6.99. The number of aromatic nitrogens is 3. The van der Waals surface area contributed by atoms with Crippen LogP contribution in [-0.4, -0.2) is 31.6 Å². The van der Waals surface area contributed by atoms with Crippen LogP contribution in [0.4, 0.5) is 13.2 Å². The monoisotopic (exact) mass is 365 g/mol. The number of carboxylic acid groups (broad SMARTS) is 1. The summed E-state index contributed by atoms with van der Waals surface area (Å²) in [7, 11) is 1.78. The lowest BCUT2D eigenvalue weighted by atomic mass is 9.85. The molecule has 0 atom stereocenters. The number of nitrogens with zero attached hydrogens (tertiary/aromatic N) is 3. The van der Waals surface area contributed by atoms with Gasteiger partial charge in [0.1, 0.15) is 5.52 Å². The van der Waals surface area contributed by atoms with Gasteiger partial charge in [-0.2, -0.15) is 18.3 Å². The zero-order valence-electron chi connectivity index (χ0n) is 14.1. The normalized spacial score (nSPS) is 21.5. The van der Waals surface area contributed by atoms with Crippen molar-refractivity contribution in [3.8, 4) is 0 Å². The summed E-state index contributed by atoms with van der Waals surface area (Å²) in [6.07, 6.45) is -1.18. The highest BCUT2D eigenvalue weighted by molar-refractivity contribution is 6.08. The van der Waals surface area contributed by atoms with Crippen molar-refractivity contribution in [3.63, 3.8) is 0 Å². The number of rotatable bonds is 2. The number of benzene rings is 1. The molecule has 0 saturated heterocycles. The summed E-state index contributed by atoms with van der Waals surface area (Å²) in [5.41, 5.74) is 2.51. The second-order valence-corrected chi connectivity index (χ2v) is 6.99. The smallest absolute Gasteiger partial charge is 0.391 e. The van der Waals surface area contributed by atoms with Crippen LogP contribution < -0.4 is 0 Å². The lowest BCUT2D eigenvalue weighted by Gasteiger charge is -2.31. The van der Waals surface area contributed by atoms with Gasteiger partial charge in [-0.1, -0.05) is 0 Å². The zero-order valence-corrected chi connectivity index (χ0v) is 14.1. The number of alkyl halides is 3. The zero-order chi connectivity index (χ0) is 18.6. The van der Waals surface area contributed by atoms with E-state index in [0.29, 0.717) is 18.4 Å². The number of hydrogen-bond donors (Lipinski definition) is 1. The second kappa shape index (κ2) is 5.75. The fourth-order valence-electron chi connectivity index (χ4n) is 4.10. The molecule has 138 valence electrons. The molecule has 1 aromatic carbocycles. The summed E-state index contributed by atoms with van der Waals surface area (Å²) in [5.74, 6) is -2.25. The molecular weight excluding hydrogens is 347 g/mol. The van der Waals surface area contributed by atoms with Crippen molar-refractivity contribution in [2.75, 3.05) is 0 Å². The van der Waals surface area contributed by atoms with Crippen molar-refractivity contribution in [1.82, 2.24) is 14.3 Å². The third-order valence-corrected chi connectivity index (χ3v) is 5.35. The van der Waals surface area contributed by atoms with E-state index >= 15 is 0 Å². The Morgan fingerprint density at radius 1 is 1.19 bits per heavy atom. The summed E-state index contributed by atoms with van der Waals surface area (Å²) in [4.78, 5) is 11.3. The van der Waals surface area contributed by atoms with Crippen molar-refractivity contribution in [3.05, 3.63) is 30.0 Å². The number of aromatic carboxylic acids is 1. The highest BCUT2D eigenvalue weighted by Gasteiger charge is 2.42. The molecule has 26 heavy (non-hydrogen) atoms. The average molecular weight is 365 g/mol. The van der Waals surface area contributed by atoms with Crippen LogP contribution in [0.2, 0.25) is 0 Å². The number of aryl methyl sites for hydroxylation is 1. The summed E-state index contributed by atoms with van der Waals surface area (Å²) in [6, 6.07) is 4.80. The maximum atomic E-state index is 13.0. The number of carbonyl (C=O) groups is 1. The van der Waals surface area contributed by atoms with Crippen LogP contribution in [-0.2, 0) is 7.05 Å². The van der Waals surface area contributed by atoms with Crippen LogP contribution in [0.1, 0.15) is 42.1 Å². The first kappa shape index (κ1) is 16.9. The van der Waals surface area contributed by atoms with Gasteiger partial charge in [-0.25, -0.2) is 4.79 Å². The first-order chi connectivity index (χ1) is 12.3. The van der Waals surface area contributed by atoms with E-state index in [1.165, 1.54) is 6.07 Å². The molecule has 0 spiro atoms. The quantitative estimate of drug-likeness (QED) is 0.726. The van der Waals surface area contributed by atoms with Crippen LogP contribution in [0.3, 0.4) is 0 Å². The Balaban J connectivity index is 1.80. The molecule has 3 aromatic rings. The minimum absolute atomic E-state index is 0.0477. The van der Waals surface area contributed by atoms with E-state index in [4.69, 9.17) is 0 Å². The van der Waals surface area contributed by atoms with Crippen molar-refractivity contribution >= 4 is 27.9 Å². The van der Waals surface area contributed by atoms with Crippen molar-refractivity contribution in [2.45, 2.75) is 37.9 Å². The molecule has 0 aliphatic heterocycles. The molecule has 0 unspecified atom stereocenters. The van der Waals surface area contributed by atoms with E-state index in [1.54, 1.807) is 23.9 Å². The highest BCUT2D eigenvalue weighted by Crippen LogP contribution is 2.43. The Bertz CT molecular complexity index is 995. The fraction of sp³-hybridized carbons (Fsp3) is 0.444. The maximum Gasteiger partial charge on any atom is 0.391 e. The van der Waals surface area contributed by atoms with E-state index in [0.717, 1.165) is 16.4 Å². The van der Waals surface area contributed by atoms with Crippen LogP contribution >= 0.6 is 0 Å². The summed E-state index contributed by atoms with van der Waals surface area (Å²) < 4.78 is 42.6. The Labute approximate surface area is 147 Å². The Hall–Kier alpha value is -2.51. The van der Waals surface area contributed by atoms with E-state index in [1.807, 2.05) is 10.8 Å². The van der Waals surface area contributed by atoms with Gasteiger partial charge in [-0.3, -0.25) is 4.68 Å². The van der Waals surface area contributed by atoms with Gasteiger partial charge in [0, 0.05) is 24.7 Å². The van der Waals surface area contributed by atoms with Gasteiger partial charge in [0.25, 0.3) is 0 Å². The lowest BCUT2D eigenvalue weighted by molar-refractivity contribution is -0.183. The van der Waals surface area contributed by atoms with Crippen molar-refractivity contribution in [1.29, 1.82) is 0 Å². The number of halogens is 3. The Morgan fingerprint density at radius 2 is 1.88 bits per heavy atom. The molecule has 0 bridgehead atoms. The SMILES string of the molecule is Cn1cc2c(n1)c1cc(C(=O)O)ccc1n2[C@H]1CC[C@@H](C(F)(F)F)CC1. The van der Waals surface area contributed by atoms with Gasteiger partial charge in [0.05, 0.1) is 22.5 Å². The first-order valence-electron chi connectivity index (χ1n) is 8.53. The van der Waals surface area contributed by atoms with Gasteiger partial charge < -0.3 is 9.67 Å². The lowest BCUT2D eigenvalue weighted by Crippen LogP contribution is -2.28. The van der Waals surface area contributed by atoms with Crippen LogP contribution in [0, 0.1) is 5.92 Å². The number of fused-ring (bicyclic) bond motifs is 3. The Morgan fingerprint density at radius 3 is 2.50 bits per heavy atom. The standard InChI is InChI=1S/C18H18F3N3O2/c1-23-9-15-16(22-23)13-8-10(17(25)26)2-7-14(13)24(15)12-5-3-11(4-6-12)18(19,20)21/h2,7-9,11-12H,3-6H2,1H3,(H,25,26)/t11-,12+. The fourth-order valence-corrected chi connectivity index (χ4v) is 4.10. The number of hydrogen-bond acceptors (Lipinski definition) is 2. The minimum Gasteiger partial charge on any atom is -0.478 e. The maximum absolute atomic E-state index is 13.0. The van der Waals surface area contributed by atoms with Gasteiger partial charge in [0.15, 0.2) is 0 Å². The molecule has 5 nitrogen and oxygen atoms in total. The molecule has 1 aliphatic carbocycles. The molecule has 8 heteroatoms. The van der Waals surface area contributed by atoms with Crippen LogP contribution in [0.5, 0.6) is 0 Å².